The third-order valence-electron chi connectivity index (χ3n) is 7.96. The molecule has 3 aromatic rings. The topological polar surface area (TPSA) is 66.1 Å². The largest absolute Gasteiger partial charge is 0.490 e. The number of fused-ring (bicyclic) bond motifs is 2. The fourth-order valence-electron chi connectivity index (χ4n) is 6.10. The summed E-state index contributed by atoms with van der Waals surface area (Å²) < 4.78 is 7.99. The van der Waals surface area contributed by atoms with E-state index in [0.29, 0.717) is 17.6 Å². The Morgan fingerprint density at radius 2 is 1.91 bits per heavy atom. The molecule has 166 valence electrons. The molecule has 1 N–H and O–H groups in total. The smallest absolute Gasteiger partial charge is 0.180 e. The van der Waals surface area contributed by atoms with Gasteiger partial charge in [-0.15, -0.1) is 0 Å². The van der Waals surface area contributed by atoms with Gasteiger partial charge in [-0.05, 0) is 74.5 Å². The summed E-state index contributed by atoms with van der Waals surface area (Å²) in [5.41, 5.74) is 4.79. The van der Waals surface area contributed by atoms with Gasteiger partial charge in [-0.2, -0.15) is 5.10 Å². The number of rotatable bonds is 4. The Labute approximate surface area is 187 Å². The number of hydrogen-bond donors (Lipinski definition) is 1. The van der Waals surface area contributed by atoms with Crippen molar-refractivity contribution in [2.24, 2.45) is 5.41 Å². The lowest BCUT2D eigenvalue weighted by Crippen LogP contribution is -2.49. The minimum absolute atomic E-state index is 0.0752. The Kier molecular flexibility index (Phi) is 4.09. The zero-order chi connectivity index (χ0) is 21.3. The highest BCUT2D eigenvalue weighted by Crippen LogP contribution is 2.53. The van der Waals surface area contributed by atoms with Crippen molar-refractivity contribution in [3.05, 3.63) is 48.4 Å². The zero-order valence-corrected chi connectivity index (χ0v) is 18.2. The summed E-state index contributed by atoms with van der Waals surface area (Å²) in [6, 6.07) is 8.93. The van der Waals surface area contributed by atoms with E-state index < -0.39 is 0 Å². The Balaban J connectivity index is 1.25. The molecule has 1 aliphatic heterocycles. The molecule has 3 saturated carbocycles. The highest BCUT2D eigenvalue weighted by molar-refractivity contribution is 5.78. The molecule has 3 fully saturated rings. The number of nitrogens with zero attached hydrogens (tertiary/aromatic N) is 5. The van der Waals surface area contributed by atoms with Crippen molar-refractivity contribution >= 4 is 17.0 Å². The van der Waals surface area contributed by atoms with E-state index >= 15 is 0 Å². The van der Waals surface area contributed by atoms with E-state index in [1.54, 1.807) is 0 Å². The van der Waals surface area contributed by atoms with Crippen LogP contribution in [0.1, 0.15) is 56.9 Å². The summed E-state index contributed by atoms with van der Waals surface area (Å²) in [5, 5.41) is 19.3. The molecule has 1 spiro atoms. The molecule has 0 amide bonds. The van der Waals surface area contributed by atoms with E-state index in [9.17, 15) is 5.11 Å². The van der Waals surface area contributed by atoms with Crippen LogP contribution in [-0.4, -0.2) is 43.0 Å². The summed E-state index contributed by atoms with van der Waals surface area (Å²) in [4.78, 5) is 4.65. The molecule has 0 saturated heterocycles. The van der Waals surface area contributed by atoms with E-state index in [0.717, 1.165) is 62.2 Å². The highest BCUT2D eigenvalue weighted by atomic mass is 16.5. The summed E-state index contributed by atoms with van der Waals surface area (Å²) in [7, 11) is 0. The van der Waals surface area contributed by atoms with Crippen molar-refractivity contribution in [2.75, 3.05) is 5.01 Å². The van der Waals surface area contributed by atoms with Crippen LogP contribution in [0.2, 0.25) is 0 Å². The molecule has 0 unspecified atom stereocenters. The number of hydrazine groups is 1. The van der Waals surface area contributed by atoms with E-state index in [4.69, 9.17) is 4.74 Å². The number of hydrogen-bond acceptors (Lipinski definition) is 6. The maximum absolute atomic E-state index is 9.87. The predicted molar refractivity (Wildman–Crippen MR) is 121 cm³/mol. The average Bonchev–Trinajstić information content (AvgIpc) is 3.38. The Morgan fingerprint density at radius 3 is 2.69 bits per heavy atom. The quantitative estimate of drug-likeness (QED) is 0.667. The number of aliphatic hydroxyl groups excluding tert-OH is 1. The monoisotopic (exact) mass is 431 g/mol. The first-order valence-electron chi connectivity index (χ1n) is 12.0. The molecule has 3 aliphatic carbocycles. The van der Waals surface area contributed by atoms with E-state index in [1.807, 2.05) is 29.2 Å². The van der Waals surface area contributed by atoms with Gasteiger partial charge >= 0.3 is 0 Å². The van der Waals surface area contributed by atoms with Gasteiger partial charge in [0.05, 0.1) is 24.1 Å². The molecular formula is C25H29N5O2. The van der Waals surface area contributed by atoms with Gasteiger partial charge < -0.3 is 9.84 Å². The summed E-state index contributed by atoms with van der Waals surface area (Å²) in [6.45, 7) is 0.892. The first-order chi connectivity index (χ1) is 15.7. The van der Waals surface area contributed by atoms with Crippen molar-refractivity contribution in [2.45, 2.75) is 76.2 Å². The van der Waals surface area contributed by atoms with Gasteiger partial charge in [-0.3, -0.25) is 5.01 Å². The first-order valence-corrected chi connectivity index (χ1v) is 12.0. The van der Waals surface area contributed by atoms with Crippen molar-refractivity contribution in [1.82, 2.24) is 19.6 Å². The molecule has 7 nitrogen and oxygen atoms in total. The van der Waals surface area contributed by atoms with Gasteiger partial charge in [0.25, 0.3) is 0 Å². The molecule has 7 rings (SSSR count). The van der Waals surface area contributed by atoms with Gasteiger partial charge in [0.2, 0.25) is 0 Å². The highest BCUT2D eigenvalue weighted by Gasteiger charge is 2.47. The predicted octanol–water partition coefficient (Wildman–Crippen LogP) is 4.22. The molecule has 0 bridgehead atoms. The fourth-order valence-corrected chi connectivity index (χ4v) is 6.10. The number of aromatic nitrogens is 3. The lowest BCUT2D eigenvalue weighted by Gasteiger charge is -2.51. The molecular weight excluding hydrogens is 402 g/mol. The molecule has 2 aromatic heterocycles. The zero-order valence-electron chi connectivity index (χ0n) is 18.2. The van der Waals surface area contributed by atoms with E-state index in [1.165, 1.54) is 24.1 Å². The number of benzene rings is 1. The Morgan fingerprint density at radius 1 is 1.06 bits per heavy atom. The first kappa shape index (κ1) is 18.9. The van der Waals surface area contributed by atoms with Crippen molar-refractivity contribution in [3.63, 3.8) is 0 Å². The molecule has 4 aliphatic rings. The minimum Gasteiger partial charge on any atom is -0.490 e. The minimum atomic E-state index is -0.0752. The maximum atomic E-state index is 9.87. The maximum Gasteiger partial charge on any atom is 0.180 e. The molecule has 0 atom stereocenters. The van der Waals surface area contributed by atoms with Crippen LogP contribution < -0.4 is 9.75 Å². The lowest BCUT2D eigenvalue weighted by atomic mass is 9.58. The Bertz CT molecular complexity index is 1160. The van der Waals surface area contributed by atoms with Crippen molar-refractivity contribution < 1.29 is 9.84 Å². The van der Waals surface area contributed by atoms with E-state index in [-0.39, 0.29) is 6.10 Å². The van der Waals surface area contributed by atoms with Crippen LogP contribution in [0.5, 0.6) is 5.75 Å². The van der Waals surface area contributed by atoms with Gasteiger partial charge in [0.1, 0.15) is 11.4 Å². The van der Waals surface area contributed by atoms with Crippen LogP contribution in [0.15, 0.2) is 42.9 Å². The molecule has 0 radical (unpaired) electrons. The lowest BCUT2D eigenvalue weighted by molar-refractivity contribution is -0.0668. The summed E-state index contributed by atoms with van der Waals surface area (Å²) in [6.07, 6.45) is 15.1. The molecule has 1 aromatic carbocycles. The molecule has 7 heteroatoms. The molecule has 32 heavy (non-hydrogen) atoms. The van der Waals surface area contributed by atoms with Crippen LogP contribution in [0, 0.1) is 5.41 Å². The second-order valence-corrected chi connectivity index (χ2v) is 10.2. The van der Waals surface area contributed by atoms with Crippen LogP contribution in [0.3, 0.4) is 0 Å². The van der Waals surface area contributed by atoms with Crippen LogP contribution in [0.4, 0.5) is 11.4 Å². The third-order valence-corrected chi connectivity index (χ3v) is 7.96. The van der Waals surface area contributed by atoms with Crippen LogP contribution >= 0.6 is 0 Å². The second-order valence-electron chi connectivity index (χ2n) is 10.2. The van der Waals surface area contributed by atoms with Crippen LogP contribution in [0.25, 0.3) is 5.65 Å². The number of ether oxygens (including phenoxy) is 1. The normalized spacial score (nSPS) is 30.0. The summed E-state index contributed by atoms with van der Waals surface area (Å²) >= 11 is 0. The number of anilines is 2. The average molecular weight is 432 g/mol. The van der Waals surface area contributed by atoms with Gasteiger partial charge in [0.15, 0.2) is 5.65 Å². The van der Waals surface area contributed by atoms with Gasteiger partial charge in [-0.25, -0.2) is 14.5 Å². The van der Waals surface area contributed by atoms with Crippen molar-refractivity contribution in [1.29, 1.82) is 0 Å². The summed E-state index contributed by atoms with van der Waals surface area (Å²) in [5.74, 6) is 0.952. The standard InChI is InChI=1S/C25H29N5O2/c31-19-13-25(14-19)8-6-18(7-9-25)29-16-17-2-3-21(32-20-4-5-20)12-22(17)30(29)23-15-27-28-11-1-10-26-24(23)28/h1-3,10-12,15,18-20,31H,4-9,13-14,16H2. The SMILES string of the molecule is OC1CC2(CCC(N3Cc4ccc(OC5CC5)cc4N3c3cnn4cccnc34)CC2)C1. The third kappa shape index (κ3) is 3.02. The van der Waals surface area contributed by atoms with Gasteiger partial charge in [0, 0.05) is 31.0 Å². The van der Waals surface area contributed by atoms with Crippen molar-refractivity contribution in [3.8, 4) is 5.75 Å². The Hall–Kier alpha value is -2.64. The molecule has 3 heterocycles. The van der Waals surface area contributed by atoms with Crippen LogP contribution in [-0.2, 0) is 6.54 Å². The van der Waals surface area contributed by atoms with E-state index in [2.05, 4.69) is 38.3 Å². The fraction of sp³-hybridized carbons (Fsp3) is 0.520. The second kappa shape index (κ2) is 6.93. The number of aliphatic hydroxyl groups is 1. The van der Waals surface area contributed by atoms with Gasteiger partial charge in [-0.1, -0.05) is 6.07 Å².